The summed E-state index contributed by atoms with van der Waals surface area (Å²) in [6.07, 6.45) is -0.182. The van der Waals surface area contributed by atoms with Crippen molar-refractivity contribution in [2.75, 3.05) is 32.6 Å². The van der Waals surface area contributed by atoms with Crippen LogP contribution >= 0.6 is 0 Å². The summed E-state index contributed by atoms with van der Waals surface area (Å²) < 4.78 is 9.63. The number of nitrogens with zero attached hydrogens (tertiary/aromatic N) is 1. The molecule has 0 bridgehead atoms. The highest BCUT2D eigenvalue weighted by Crippen LogP contribution is 2.17. The molecule has 0 aromatic heterocycles. The summed E-state index contributed by atoms with van der Waals surface area (Å²) in [6.45, 7) is 0.655. The predicted octanol–water partition coefficient (Wildman–Crippen LogP) is 0.591. The smallest absolute Gasteiger partial charge is 0.322 e. The molecular weight excluding hydrogens is 302 g/mol. The second kappa shape index (κ2) is 7.48. The molecule has 0 spiro atoms. The van der Waals surface area contributed by atoms with Crippen LogP contribution in [0.1, 0.15) is 6.42 Å². The lowest BCUT2D eigenvalue weighted by Gasteiger charge is -2.34. The van der Waals surface area contributed by atoms with E-state index in [1.165, 1.54) is 12.0 Å². The van der Waals surface area contributed by atoms with E-state index in [4.69, 9.17) is 4.74 Å². The van der Waals surface area contributed by atoms with E-state index in [0.717, 1.165) is 0 Å². The first kappa shape index (κ1) is 16.6. The molecule has 8 nitrogen and oxygen atoms in total. The largest absolute Gasteiger partial charge is 0.497 e. The van der Waals surface area contributed by atoms with Crippen LogP contribution in [0.5, 0.6) is 5.75 Å². The lowest BCUT2D eigenvalue weighted by Crippen LogP contribution is -2.58. The molecular formula is C15H19N3O5. The maximum atomic E-state index is 12.4. The molecule has 1 saturated heterocycles. The third-order valence-corrected chi connectivity index (χ3v) is 3.52. The number of amides is 3. The molecule has 1 aromatic carbocycles. The van der Waals surface area contributed by atoms with Crippen LogP contribution in [-0.2, 0) is 14.3 Å². The standard InChI is InChI=1S/C15H19N3O5/c1-22-11-5-3-10(4-6-11)17-15(21)18-8-7-16-14(20)12(18)9-13(19)23-2/h3-6,12H,7-9H2,1-2H3,(H,16,20)(H,17,21)/t12-/m0/s1. The molecule has 1 aliphatic rings. The highest BCUT2D eigenvalue weighted by atomic mass is 16.5. The topological polar surface area (TPSA) is 97.0 Å². The molecule has 0 unspecified atom stereocenters. The van der Waals surface area contributed by atoms with Gasteiger partial charge < -0.3 is 25.0 Å². The first-order valence-electron chi connectivity index (χ1n) is 7.11. The number of methoxy groups -OCH3 is 2. The molecule has 3 amide bonds. The summed E-state index contributed by atoms with van der Waals surface area (Å²) >= 11 is 0. The molecule has 0 saturated carbocycles. The fraction of sp³-hybridized carbons (Fsp3) is 0.400. The van der Waals surface area contributed by atoms with Crippen LogP contribution < -0.4 is 15.4 Å². The number of esters is 1. The minimum atomic E-state index is -0.880. The molecule has 2 rings (SSSR count). The Kier molecular flexibility index (Phi) is 5.40. The van der Waals surface area contributed by atoms with Crippen LogP contribution in [-0.4, -0.2) is 56.2 Å². The van der Waals surface area contributed by atoms with E-state index in [1.54, 1.807) is 31.4 Å². The van der Waals surface area contributed by atoms with Crippen molar-refractivity contribution in [3.63, 3.8) is 0 Å². The van der Waals surface area contributed by atoms with Crippen LogP contribution in [0.15, 0.2) is 24.3 Å². The second-order valence-corrected chi connectivity index (χ2v) is 4.94. The van der Waals surface area contributed by atoms with Gasteiger partial charge in [0.1, 0.15) is 11.8 Å². The summed E-state index contributed by atoms with van der Waals surface area (Å²) in [5.74, 6) is -0.246. The second-order valence-electron chi connectivity index (χ2n) is 4.94. The molecule has 0 aliphatic carbocycles. The van der Waals surface area contributed by atoms with Crippen molar-refractivity contribution in [2.24, 2.45) is 0 Å². The minimum Gasteiger partial charge on any atom is -0.497 e. The summed E-state index contributed by atoms with van der Waals surface area (Å²) in [5, 5.41) is 5.34. The Morgan fingerprint density at radius 1 is 1.30 bits per heavy atom. The first-order valence-corrected chi connectivity index (χ1v) is 7.11. The van der Waals surface area contributed by atoms with E-state index in [9.17, 15) is 14.4 Å². The number of anilines is 1. The zero-order valence-corrected chi connectivity index (χ0v) is 13.0. The van der Waals surface area contributed by atoms with Gasteiger partial charge in [-0.25, -0.2) is 4.79 Å². The number of rotatable bonds is 4. The van der Waals surface area contributed by atoms with Crippen molar-refractivity contribution in [2.45, 2.75) is 12.5 Å². The Morgan fingerprint density at radius 2 is 2.00 bits per heavy atom. The zero-order chi connectivity index (χ0) is 16.8. The maximum absolute atomic E-state index is 12.4. The lowest BCUT2D eigenvalue weighted by molar-refractivity contribution is -0.145. The van der Waals surface area contributed by atoms with Gasteiger partial charge >= 0.3 is 12.0 Å². The van der Waals surface area contributed by atoms with Gasteiger partial charge in [0.05, 0.1) is 20.6 Å². The molecule has 1 atom stereocenters. The monoisotopic (exact) mass is 321 g/mol. The molecule has 1 aromatic rings. The summed E-state index contributed by atoms with van der Waals surface area (Å²) in [5.41, 5.74) is 0.568. The number of nitrogens with one attached hydrogen (secondary N) is 2. The van der Waals surface area contributed by atoms with Crippen molar-refractivity contribution in [1.82, 2.24) is 10.2 Å². The number of benzene rings is 1. The number of hydrogen-bond donors (Lipinski definition) is 2. The van der Waals surface area contributed by atoms with Crippen LogP contribution in [0.3, 0.4) is 0 Å². The van der Waals surface area contributed by atoms with E-state index in [1.807, 2.05) is 0 Å². The fourth-order valence-corrected chi connectivity index (χ4v) is 2.27. The summed E-state index contributed by atoms with van der Waals surface area (Å²) in [7, 11) is 2.79. The molecule has 124 valence electrons. The molecule has 1 fully saturated rings. The maximum Gasteiger partial charge on any atom is 0.322 e. The lowest BCUT2D eigenvalue weighted by atomic mass is 10.1. The number of hydrogen-bond acceptors (Lipinski definition) is 5. The highest BCUT2D eigenvalue weighted by Gasteiger charge is 2.35. The van der Waals surface area contributed by atoms with E-state index >= 15 is 0 Å². The Bertz CT molecular complexity index is 587. The van der Waals surface area contributed by atoms with Crippen molar-refractivity contribution >= 4 is 23.6 Å². The summed E-state index contributed by atoms with van der Waals surface area (Å²) in [6, 6.07) is 5.48. The Morgan fingerprint density at radius 3 is 2.61 bits per heavy atom. The molecule has 1 heterocycles. The molecule has 1 aliphatic heterocycles. The van der Waals surface area contributed by atoms with Gasteiger partial charge in [-0.3, -0.25) is 9.59 Å². The first-order chi connectivity index (χ1) is 11.0. The quantitative estimate of drug-likeness (QED) is 0.791. The predicted molar refractivity (Wildman–Crippen MR) is 82.1 cm³/mol. The van der Waals surface area contributed by atoms with Gasteiger partial charge in [0.15, 0.2) is 0 Å². The average molecular weight is 321 g/mol. The molecule has 0 radical (unpaired) electrons. The Hall–Kier alpha value is -2.77. The SMILES string of the molecule is COC(=O)C[C@H]1C(=O)NCCN1C(=O)Nc1ccc(OC)cc1. The van der Waals surface area contributed by atoms with Gasteiger partial charge in [0, 0.05) is 18.8 Å². The van der Waals surface area contributed by atoms with Gasteiger partial charge in [0.2, 0.25) is 5.91 Å². The number of urea groups is 1. The van der Waals surface area contributed by atoms with Crippen LogP contribution in [0.4, 0.5) is 10.5 Å². The number of carbonyl (C=O) groups is 3. The van der Waals surface area contributed by atoms with Gasteiger partial charge in [-0.2, -0.15) is 0 Å². The van der Waals surface area contributed by atoms with Crippen LogP contribution in [0.2, 0.25) is 0 Å². The number of piperazine rings is 1. The number of ether oxygens (including phenoxy) is 2. The normalized spacial score (nSPS) is 17.2. The van der Waals surface area contributed by atoms with Gasteiger partial charge in [-0.05, 0) is 24.3 Å². The van der Waals surface area contributed by atoms with E-state index < -0.39 is 18.0 Å². The van der Waals surface area contributed by atoms with E-state index in [2.05, 4.69) is 15.4 Å². The van der Waals surface area contributed by atoms with Crippen molar-refractivity contribution < 1.29 is 23.9 Å². The fourth-order valence-electron chi connectivity index (χ4n) is 2.27. The number of carbonyl (C=O) groups excluding carboxylic acids is 3. The van der Waals surface area contributed by atoms with Gasteiger partial charge in [0.25, 0.3) is 0 Å². The molecule has 2 N–H and O–H groups in total. The van der Waals surface area contributed by atoms with Gasteiger partial charge in [-0.1, -0.05) is 0 Å². The third-order valence-electron chi connectivity index (χ3n) is 3.52. The van der Waals surface area contributed by atoms with Crippen molar-refractivity contribution in [3.8, 4) is 5.75 Å². The van der Waals surface area contributed by atoms with Crippen LogP contribution in [0, 0.1) is 0 Å². The van der Waals surface area contributed by atoms with E-state index in [0.29, 0.717) is 24.5 Å². The van der Waals surface area contributed by atoms with Gasteiger partial charge in [-0.15, -0.1) is 0 Å². The Labute approximate surface area is 133 Å². The van der Waals surface area contributed by atoms with Crippen LogP contribution in [0.25, 0.3) is 0 Å². The highest BCUT2D eigenvalue weighted by molar-refractivity contribution is 5.96. The van der Waals surface area contributed by atoms with Crippen molar-refractivity contribution in [1.29, 1.82) is 0 Å². The van der Waals surface area contributed by atoms with Crippen molar-refractivity contribution in [3.05, 3.63) is 24.3 Å². The zero-order valence-electron chi connectivity index (χ0n) is 13.0. The average Bonchev–Trinajstić information content (AvgIpc) is 2.57. The third kappa shape index (κ3) is 4.12. The van der Waals surface area contributed by atoms with E-state index in [-0.39, 0.29) is 12.3 Å². The molecule has 8 heteroatoms. The summed E-state index contributed by atoms with van der Waals surface area (Å²) in [4.78, 5) is 37.1. The minimum absolute atomic E-state index is 0.182. The Balaban J connectivity index is 2.07. The molecule has 23 heavy (non-hydrogen) atoms.